The minimum atomic E-state index is -0.627. The van der Waals surface area contributed by atoms with E-state index < -0.39 is 11.9 Å². The summed E-state index contributed by atoms with van der Waals surface area (Å²) in [6, 6.07) is 6.99. The average Bonchev–Trinajstić information content (AvgIpc) is 3.59. The van der Waals surface area contributed by atoms with E-state index in [9.17, 15) is 19.2 Å². The highest BCUT2D eigenvalue weighted by Gasteiger charge is 2.28. The Bertz CT molecular complexity index is 1480. The number of benzene rings is 1. The predicted octanol–water partition coefficient (Wildman–Crippen LogP) is 5.18. The molecule has 2 N–H and O–H groups in total. The van der Waals surface area contributed by atoms with Crippen molar-refractivity contribution < 1.29 is 33.4 Å². The second-order valence-electron chi connectivity index (χ2n) is 10.0. The lowest BCUT2D eigenvalue weighted by Gasteiger charge is -2.25. The zero-order valence-corrected chi connectivity index (χ0v) is 26.9. The van der Waals surface area contributed by atoms with Crippen molar-refractivity contribution in [1.82, 2.24) is 20.1 Å². The van der Waals surface area contributed by atoms with Gasteiger partial charge in [-0.15, -0.1) is 21.5 Å². The van der Waals surface area contributed by atoms with Crippen LogP contribution >= 0.6 is 23.1 Å². The number of rotatable bonds is 13. The molecule has 44 heavy (non-hydrogen) atoms. The first-order chi connectivity index (χ1) is 21.3. The van der Waals surface area contributed by atoms with E-state index in [2.05, 4.69) is 20.8 Å². The highest BCUT2D eigenvalue weighted by atomic mass is 32.2. The van der Waals surface area contributed by atoms with E-state index in [0.29, 0.717) is 27.9 Å². The number of carbonyl (C=O) groups excluding carboxylic acids is 4. The quantitative estimate of drug-likeness (QED) is 0.188. The normalized spacial score (nSPS) is 13.3. The molecule has 12 nitrogen and oxygen atoms in total. The minimum absolute atomic E-state index is 0.0169. The van der Waals surface area contributed by atoms with Gasteiger partial charge in [0, 0.05) is 11.6 Å². The van der Waals surface area contributed by atoms with Crippen LogP contribution in [0.5, 0.6) is 5.75 Å². The summed E-state index contributed by atoms with van der Waals surface area (Å²) in [6.45, 7) is 5.50. The zero-order valence-electron chi connectivity index (χ0n) is 25.3. The van der Waals surface area contributed by atoms with Gasteiger partial charge < -0.3 is 29.4 Å². The summed E-state index contributed by atoms with van der Waals surface area (Å²) in [5, 5.41) is 15.2. The molecule has 0 atom stereocenters. The number of amides is 2. The number of nitrogens with one attached hydrogen (secondary N) is 2. The number of anilines is 1. The fraction of sp³-hybridized carbons (Fsp3) is 0.467. The number of methoxy groups -OCH3 is 1. The van der Waals surface area contributed by atoms with E-state index in [-0.39, 0.29) is 58.8 Å². The SMILES string of the molecule is CCOC(=O)c1sc(NC(=O)CSc2nnc(CNC(=O)c3ccc(OC)cc3)n2C2CCCCC2)c(C(=O)OCC)c1C. The Morgan fingerprint density at radius 1 is 1.00 bits per heavy atom. The summed E-state index contributed by atoms with van der Waals surface area (Å²) < 4.78 is 17.5. The fourth-order valence-corrected chi connectivity index (χ4v) is 6.90. The molecule has 0 spiro atoms. The van der Waals surface area contributed by atoms with Crippen LogP contribution in [0, 0.1) is 6.92 Å². The van der Waals surface area contributed by atoms with Crippen molar-refractivity contribution in [2.75, 3.05) is 31.4 Å². The first-order valence-corrected chi connectivity index (χ1v) is 16.3. The summed E-state index contributed by atoms with van der Waals surface area (Å²) in [4.78, 5) is 51.3. The Morgan fingerprint density at radius 2 is 1.68 bits per heavy atom. The van der Waals surface area contributed by atoms with E-state index in [0.717, 1.165) is 43.4 Å². The van der Waals surface area contributed by atoms with Gasteiger partial charge in [-0.1, -0.05) is 31.0 Å². The van der Waals surface area contributed by atoms with Crippen LogP contribution in [-0.4, -0.2) is 64.6 Å². The van der Waals surface area contributed by atoms with Gasteiger partial charge in [-0.3, -0.25) is 9.59 Å². The van der Waals surface area contributed by atoms with Crippen LogP contribution in [0.1, 0.15) is 93.8 Å². The van der Waals surface area contributed by atoms with Crippen molar-refractivity contribution in [2.45, 2.75) is 70.6 Å². The molecule has 2 amide bonds. The van der Waals surface area contributed by atoms with Crippen molar-refractivity contribution in [3.05, 3.63) is 51.7 Å². The van der Waals surface area contributed by atoms with Crippen molar-refractivity contribution in [3.63, 3.8) is 0 Å². The molecule has 1 aliphatic rings. The van der Waals surface area contributed by atoms with E-state index in [1.54, 1.807) is 52.1 Å². The molecule has 0 bridgehead atoms. The van der Waals surface area contributed by atoms with E-state index in [4.69, 9.17) is 14.2 Å². The van der Waals surface area contributed by atoms with Gasteiger partial charge in [0.1, 0.15) is 15.6 Å². The maximum Gasteiger partial charge on any atom is 0.348 e. The molecule has 0 unspecified atom stereocenters. The summed E-state index contributed by atoms with van der Waals surface area (Å²) in [6.07, 6.45) is 5.20. The van der Waals surface area contributed by atoms with Crippen LogP contribution in [0.15, 0.2) is 29.4 Å². The molecule has 3 aromatic rings. The van der Waals surface area contributed by atoms with Crippen LogP contribution in [0.2, 0.25) is 0 Å². The Balaban J connectivity index is 1.48. The van der Waals surface area contributed by atoms with E-state index in [1.165, 1.54) is 11.8 Å². The first-order valence-electron chi connectivity index (χ1n) is 14.5. The minimum Gasteiger partial charge on any atom is -0.497 e. The van der Waals surface area contributed by atoms with Crippen molar-refractivity contribution in [2.24, 2.45) is 0 Å². The average molecular weight is 644 g/mol. The smallest absolute Gasteiger partial charge is 0.348 e. The van der Waals surface area contributed by atoms with Crippen LogP contribution in [-0.2, 0) is 20.8 Å². The molecule has 2 aromatic heterocycles. The lowest BCUT2D eigenvalue weighted by molar-refractivity contribution is -0.113. The van der Waals surface area contributed by atoms with Crippen LogP contribution in [0.3, 0.4) is 0 Å². The zero-order chi connectivity index (χ0) is 31.6. The lowest BCUT2D eigenvalue weighted by Crippen LogP contribution is -2.26. The summed E-state index contributed by atoms with van der Waals surface area (Å²) in [7, 11) is 1.57. The molecule has 4 rings (SSSR count). The van der Waals surface area contributed by atoms with Crippen molar-refractivity contribution in [1.29, 1.82) is 0 Å². The molecule has 0 aliphatic heterocycles. The molecule has 14 heteroatoms. The second kappa shape index (κ2) is 15.7. The van der Waals surface area contributed by atoms with Gasteiger partial charge in [0.05, 0.1) is 38.2 Å². The van der Waals surface area contributed by atoms with Gasteiger partial charge in [0.2, 0.25) is 5.91 Å². The fourth-order valence-electron chi connectivity index (χ4n) is 4.97. The number of ether oxygens (including phenoxy) is 3. The van der Waals surface area contributed by atoms with Crippen LogP contribution < -0.4 is 15.4 Å². The molecule has 2 heterocycles. The standard InChI is InChI=1S/C30H37N5O7S2/c1-5-41-28(38)24-18(3)25(29(39)42-6-2)44-27(24)32-23(36)17-43-30-34-33-22(35(30)20-10-8-7-9-11-20)16-31-26(37)19-12-14-21(40-4)15-13-19/h12-15,20H,5-11,16-17H2,1-4H3,(H,31,37)(H,32,36). The number of hydrogen-bond donors (Lipinski definition) is 2. The van der Waals surface area contributed by atoms with Gasteiger partial charge in [-0.2, -0.15) is 0 Å². The number of carbonyl (C=O) groups is 4. The Kier molecular flexibility index (Phi) is 11.8. The van der Waals surface area contributed by atoms with Crippen molar-refractivity contribution >= 4 is 51.9 Å². The Hall–Kier alpha value is -3.91. The summed E-state index contributed by atoms with van der Waals surface area (Å²) in [5.41, 5.74) is 1.03. The number of esters is 2. The maximum atomic E-state index is 13.1. The van der Waals surface area contributed by atoms with E-state index >= 15 is 0 Å². The molecular formula is C30H37N5O7S2. The highest BCUT2D eigenvalue weighted by Crippen LogP contribution is 2.35. The largest absolute Gasteiger partial charge is 0.497 e. The van der Waals surface area contributed by atoms with E-state index in [1.807, 2.05) is 4.57 Å². The molecule has 1 saturated carbocycles. The summed E-state index contributed by atoms with van der Waals surface area (Å²) in [5.74, 6) is -0.568. The number of nitrogens with zero attached hydrogens (tertiary/aromatic N) is 3. The third kappa shape index (κ3) is 7.97. The topological polar surface area (TPSA) is 151 Å². The lowest BCUT2D eigenvalue weighted by atomic mass is 9.95. The number of hydrogen-bond acceptors (Lipinski definition) is 11. The van der Waals surface area contributed by atoms with Gasteiger partial charge >= 0.3 is 11.9 Å². The van der Waals surface area contributed by atoms with Gasteiger partial charge in [0.15, 0.2) is 11.0 Å². The molecule has 1 aliphatic carbocycles. The number of thioether (sulfide) groups is 1. The van der Waals surface area contributed by atoms with Gasteiger partial charge in [-0.25, -0.2) is 9.59 Å². The van der Waals surface area contributed by atoms with Crippen molar-refractivity contribution in [3.8, 4) is 5.75 Å². The molecular weight excluding hydrogens is 606 g/mol. The summed E-state index contributed by atoms with van der Waals surface area (Å²) >= 11 is 2.20. The monoisotopic (exact) mass is 643 g/mol. The van der Waals surface area contributed by atoms with Gasteiger partial charge in [0.25, 0.3) is 5.91 Å². The molecule has 1 aromatic carbocycles. The second-order valence-corrected chi connectivity index (χ2v) is 12.0. The van der Waals surface area contributed by atoms with Crippen LogP contribution in [0.4, 0.5) is 5.00 Å². The number of thiophene rings is 1. The maximum absolute atomic E-state index is 13.1. The third-order valence-corrected chi connectivity index (χ3v) is 9.24. The highest BCUT2D eigenvalue weighted by molar-refractivity contribution is 7.99. The Labute approximate surface area is 264 Å². The number of aromatic nitrogens is 3. The first kappa shape index (κ1) is 33.0. The molecule has 236 valence electrons. The Morgan fingerprint density at radius 3 is 2.34 bits per heavy atom. The third-order valence-electron chi connectivity index (χ3n) is 7.11. The molecule has 0 radical (unpaired) electrons. The molecule has 1 fully saturated rings. The molecule has 0 saturated heterocycles. The van der Waals surface area contributed by atoms with Gasteiger partial charge in [-0.05, 0) is 63.4 Å². The predicted molar refractivity (Wildman–Crippen MR) is 167 cm³/mol. The van der Waals surface area contributed by atoms with Crippen LogP contribution in [0.25, 0.3) is 0 Å².